The second-order valence-electron chi connectivity index (χ2n) is 6.57. The predicted molar refractivity (Wildman–Crippen MR) is 107 cm³/mol. The third kappa shape index (κ3) is 4.62. The lowest BCUT2D eigenvalue weighted by Crippen LogP contribution is -2.23. The van der Waals surface area contributed by atoms with Crippen LogP contribution in [0.5, 0.6) is 5.75 Å². The first kappa shape index (κ1) is 21.0. The molecule has 156 valence electrons. The van der Waals surface area contributed by atoms with E-state index in [0.717, 1.165) is 12.5 Å². The topological polar surface area (TPSA) is 116 Å². The van der Waals surface area contributed by atoms with E-state index in [1.54, 1.807) is 36.1 Å². The molecule has 0 saturated carbocycles. The average Bonchev–Trinajstić information content (AvgIpc) is 3.18. The van der Waals surface area contributed by atoms with Crippen LogP contribution in [0.1, 0.15) is 40.5 Å². The number of ether oxygens (including phenoxy) is 2. The number of nitrogens with zero attached hydrogens (tertiary/aromatic N) is 2. The van der Waals surface area contributed by atoms with Gasteiger partial charge in [0, 0.05) is 30.3 Å². The molecule has 1 aliphatic heterocycles. The molecule has 9 heteroatoms. The summed E-state index contributed by atoms with van der Waals surface area (Å²) in [5.41, 5.74) is 0.633. The number of benzene rings is 2. The number of rotatable bonds is 8. The molecular weight excluding hydrogens is 392 g/mol. The summed E-state index contributed by atoms with van der Waals surface area (Å²) in [6.45, 7) is 2.07. The van der Waals surface area contributed by atoms with E-state index in [4.69, 9.17) is 9.47 Å². The quantitative estimate of drug-likeness (QED) is 0.283. The number of Topliss-reactive ketones (excluding diaryl/α,β-unsaturated/α-hetero) is 1. The SMILES string of the molecule is CCOc1ccc(C(=O)OCC(=O)c2ccc(N3CCCC3=O)cc2)cc1[N+](=O)[O-]. The zero-order chi connectivity index (χ0) is 21.7. The molecule has 30 heavy (non-hydrogen) atoms. The van der Waals surface area contributed by atoms with E-state index in [1.165, 1.54) is 12.1 Å². The van der Waals surface area contributed by atoms with Crippen LogP contribution in [0, 0.1) is 10.1 Å². The van der Waals surface area contributed by atoms with Crippen molar-refractivity contribution in [3.8, 4) is 5.75 Å². The van der Waals surface area contributed by atoms with E-state index in [2.05, 4.69) is 0 Å². The largest absolute Gasteiger partial charge is 0.487 e. The molecule has 1 heterocycles. The molecule has 0 spiro atoms. The minimum Gasteiger partial charge on any atom is -0.487 e. The Labute approximate surface area is 172 Å². The predicted octanol–water partition coefficient (Wildman–Crippen LogP) is 3.16. The highest BCUT2D eigenvalue weighted by atomic mass is 16.6. The fourth-order valence-electron chi connectivity index (χ4n) is 3.11. The molecule has 1 saturated heterocycles. The highest BCUT2D eigenvalue weighted by molar-refractivity contribution is 6.00. The zero-order valence-corrected chi connectivity index (χ0v) is 16.3. The number of carbonyl (C=O) groups is 3. The number of nitro benzene ring substituents is 1. The first-order valence-corrected chi connectivity index (χ1v) is 9.42. The summed E-state index contributed by atoms with van der Waals surface area (Å²) in [4.78, 5) is 48.5. The normalized spacial score (nSPS) is 13.2. The Kier molecular flexibility index (Phi) is 6.41. The van der Waals surface area contributed by atoms with E-state index in [-0.39, 0.29) is 29.5 Å². The zero-order valence-electron chi connectivity index (χ0n) is 16.3. The number of nitro groups is 1. The Bertz CT molecular complexity index is 985. The van der Waals surface area contributed by atoms with Gasteiger partial charge in [0.05, 0.1) is 17.1 Å². The molecule has 0 radical (unpaired) electrons. The van der Waals surface area contributed by atoms with Gasteiger partial charge in [0.2, 0.25) is 5.91 Å². The maximum Gasteiger partial charge on any atom is 0.338 e. The van der Waals surface area contributed by atoms with Crippen molar-refractivity contribution in [1.82, 2.24) is 0 Å². The highest BCUT2D eigenvalue weighted by Crippen LogP contribution is 2.28. The van der Waals surface area contributed by atoms with Crippen molar-refractivity contribution in [3.05, 3.63) is 63.7 Å². The fraction of sp³-hybridized carbons (Fsp3) is 0.286. The second kappa shape index (κ2) is 9.17. The number of amides is 1. The van der Waals surface area contributed by atoms with Crippen LogP contribution >= 0.6 is 0 Å². The van der Waals surface area contributed by atoms with Crippen molar-refractivity contribution >= 4 is 29.0 Å². The number of carbonyl (C=O) groups excluding carboxylic acids is 3. The van der Waals surface area contributed by atoms with Gasteiger partial charge in [-0.2, -0.15) is 0 Å². The fourth-order valence-corrected chi connectivity index (χ4v) is 3.11. The molecular formula is C21H20N2O7. The average molecular weight is 412 g/mol. The van der Waals surface area contributed by atoms with Gasteiger partial charge in [-0.25, -0.2) is 4.79 Å². The number of ketones is 1. The van der Waals surface area contributed by atoms with Crippen molar-refractivity contribution < 1.29 is 28.8 Å². The molecule has 2 aromatic carbocycles. The van der Waals surface area contributed by atoms with Gasteiger partial charge in [0.25, 0.3) is 0 Å². The summed E-state index contributed by atoms with van der Waals surface area (Å²) in [5.74, 6) is -1.18. The molecule has 9 nitrogen and oxygen atoms in total. The van der Waals surface area contributed by atoms with E-state index in [0.29, 0.717) is 24.2 Å². The van der Waals surface area contributed by atoms with Gasteiger partial charge in [-0.05, 0) is 49.7 Å². The molecule has 0 bridgehead atoms. The summed E-state index contributed by atoms with van der Waals surface area (Å²) in [6, 6.07) is 10.2. The van der Waals surface area contributed by atoms with Gasteiger partial charge in [-0.1, -0.05) is 0 Å². The van der Waals surface area contributed by atoms with Crippen LogP contribution < -0.4 is 9.64 Å². The first-order chi connectivity index (χ1) is 14.4. The van der Waals surface area contributed by atoms with Crippen molar-refractivity contribution in [2.45, 2.75) is 19.8 Å². The monoisotopic (exact) mass is 412 g/mol. The van der Waals surface area contributed by atoms with Gasteiger partial charge in [0.1, 0.15) is 0 Å². The van der Waals surface area contributed by atoms with Gasteiger partial charge in [-0.15, -0.1) is 0 Å². The molecule has 0 aromatic heterocycles. The van der Waals surface area contributed by atoms with Gasteiger partial charge in [0.15, 0.2) is 18.1 Å². The minimum absolute atomic E-state index is 0.0479. The molecule has 1 fully saturated rings. The van der Waals surface area contributed by atoms with E-state index >= 15 is 0 Å². The Balaban J connectivity index is 1.63. The van der Waals surface area contributed by atoms with Gasteiger partial charge >= 0.3 is 11.7 Å². The number of anilines is 1. The number of hydrogen-bond acceptors (Lipinski definition) is 7. The smallest absolute Gasteiger partial charge is 0.338 e. The van der Waals surface area contributed by atoms with Gasteiger partial charge in [-0.3, -0.25) is 19.7 Å². The first-order valence-electron chi connectivity index (χ1n) is 9.42. The van der Waals surface area contributed by atoms with Crippen molar-refractivity contribution in [2.24, 2.45) is 0 Å². The van der Waals surface area contributed by atoms with Gasteiger partial charge < -0.3 is 14.4 Å². The van der Waals surface area contributed by atoms with Crippen LogP contribution in [-0.2, 0) is 9.53 Å². The van der Waals surface area contributed by atoms with Crippen molar-refractivity contribution in [2.75, 3.05) is 24.7 Å². The van der Waals surface area contributed by atoms with Crippen LogP contribution in [0.2, 0.25) is 0 Å². The molecule has 3 rings (SSSR count). The molecule has 1 amide bonds. The molecule has 0 atom stereocenters. The third-order valence-corrected chi connectivity index (χ3v) is 4.60. The lowest BCUT2D eigenvalue weighted by Gasteiger charge is -2.15. The summed E-state index contributed by atoms with van der Waals surface area (Å²) in [6.07, 6.45) is 1.32. The maximum absolute atomic E-state index is 12.3. The van der Waals surface area contributed by atoms with E-state index in [9.17, 15) is 24.5 Å². The summed E-state index contributed by atoms with van der Waals surface area (Å²) < 4.78 is 10.2. The highest BCUT2D eigenvalue weighted by Gasteiger charge is 2.22. The van der Waals surface area contributed by atoms with Crippen molar-refractivity contribution in [3.63, 3.8) is 0 Å². The summed E-state index contributed by atoms with van der Waals surface area (Å²) in [7, 11) is 0. The second-order valence-corrected chi connectivity index (χ2v) is 6.57. The third-order valence-electron chi connectivity index (χ3n) is 4.60. The summed E-state index contributed by atoms with van der Waals surface area (Å²) >= 11 is 0. The van der Waals surface area contributed by atoms with Crippen molar-refractivity contribution in [1.29, 1.82) is 0 Å². The van der Waals surface area contributed by atoms with E-state index in [1.807, 2.05) is 0 Å². The number of hydrogen-bond donors (Lipinski definition) is 0. The maximum atomic E-state index is 12.3. The lowest BCUT2D eigenvalue weighted by molar-refractivity contribution is -0.385. The summed E-state index contributed by atoms with van der Waals surface area (Å²) in [5, 5.41) is 11.2. The molecule has 0 N–H and O–H groups in total. The molecule has 2 aromatic rings. The number of esters is 1. The Morgan fingerprint density at radius 1 is 1.13 bits per heavy atom. The van der Waals surface area contributed by atoms with E-state index < -0.39 is 23.3 Å². The molecule has 1 aliphatic rings. The van der Waals surface area contributed by atoms with Crippen LogP contribution in [0.4, 0.5) is 11.4 Å². The lowest BCUT2D eigenvalue weighted by atomic mass is 10.1. The Morgan fingerprint density at radius 2 is 1.83 bits per heavy atom. The van der Waals surface area contributed by atoms with Crippen LogP contribution in [0.15, 0.2) is 42.5 Å². The van der Waals surface area contributed by atoms with Crippen LogP contribution in [0.25, 0.3) is 0 Å². The standard InChI is InChI=1S/C21H20N2O7/c1-2-29-19-10-7-15(12-17(19)23(27)28)21(26)30-13-18(24)14-5-8-16(9-6-14)22-11-3-4-20(22)25/h5-10,12H,2-4,11,13H2,1H3. The van der Waals surface area contributed by atoms with Crippen LogP contribution in [0.3, 0.4) is 0 Å². The van der Waals surface area contributed by atoms with Crippen LogP contribution in [-0.4, -0.2) is 42.3 Å². The minimum atomic E-state index is -0.853. The molecule has 0 unspecified atom stereocenters. The Morgan fingerprint density at radius 3 is 2.43 bits per heavy atom. The molecule has 0 aliphatic carbocycles. The Hall–Kier alpha value is -3.75.